The van der Waals surface area contributed by atoms with Gasteiger partial charge in [-0.05, 0) is 46.8 Å². The van der Waals surface area contributed by atoms with Gasteiger partial charge in [0.05, 0.1) is 23.9 Å². The van der Waals surface area contributed by atoms with Crippen LogP contribution in [0, 0.1) is 12.5 Å². The Morgan fingerprint density at radius 1 is 1.17 bits per heavy atom. The van der Waals surface area contributed by atoms with Gasteiger partial charge in [-0.25, -0.2) is 39.1 Å². The van der Waals surface area contributed by atoms with Crippen molar-refractivity contribution in [3.8, 4) is 0 Å². The fraction of sp³-hybridized carbons (Fsp3) is 0.714. The van der Waals surface area contributed by atoms with Crippen LogP contribution in [-0.4, -0.2) is 110 Å². The van der Waals surface area contributed by atoms with E-state index in [1.807, 2.05) is 32.4 Å². The summed E-state index contributed by atoms with van der Waals surface area (Å²) in [6.45, 7) is 20.8. The molecule has 2 aliphatic rings. The highest BCUT2D eigenvalue weighted by Gasteiger charge is 2.50. The highest BCUT2D eigenvalue weighted by Crippen LogP contribution is 2.51. The second-order valence-electron chi connectivity index (χ2n) is 12.0. The van der Waals surface area contributed by atoms with Crippen molar-refractivity contribution in [3.63, 3.8) is 0 Å². The molecule has 2 aliphatic heterocycles. The Labute approximate surface area is 278 Å². The van der Waals surface area contributed by atoms with Crippen LogP contribution in [0.3, 0.4) is 0 Å². The number of hydrogen-bond donors (Lipinski definition) is 1. The number of thiocarbonyl (C=S) groups is 1. The molecule has 2 saturated heterocycles. The number of anilines is 1. The van der Waals surface area contributed by atoms with Crippen LogP contribution in [0.4, 0.5) is 5.82 Å². The zero-order chi connectivity index (χ0) is 34.6. The van der Waals surface area contributed by atoms with Gasteiger partial charge in [0.1, 0.15) is 12.4 Å². The Morgan fingerprint density at radius 2 is 1.85 bits per heavy atom. The lowest BCUT2D eigenvalue weighted by Gasteiger charge is -2.38. The van der Waals surface area contributed by atoms with Gasteiger partial charge in [0.25, 0.3) is 13.7 Å². The van der Waals surface area contributed by atoms with Crippen LogP contribution in [0.1, 0.15) is 63.0 Å². The maximum Gasteiger partial charge on any atom is 0.330 e. The third-order valence-electron chi connectivity index (χ3n) is 7.41. The molecule has 0 aliphatic carbocycles. The number of imidazole rings is 1. The second-order valence-corrected chi connectivity index (χ2v) is 16.0. The molecule has 2 fully saturated rings. The van der Waals surface area contributed by atoms with Gasteiger partial charge in [-0.15, -0.1) is 0 Å². The highest BCUT2D eigenvalue weighted by molar-refractivity contribution is 7.91. The van der Waals surface area contributed by atoms with Gasteiger partial charge in [-0.1, -0.05) is 13.8 Å². The summed E-state index contributed by atoms with van der Waals surface area (Å²) in [4.78, 5) is 30.8. The van der Waals surface area contributed by atoms with Crippen molar-refractivity contribution in [2.24, 2.45) is 5.92 Å². The van der Waals surface area contributed by atoms with E-state index in [9.17, 15) is 13.2 Å². The number of amides is 1. The molecule has 0 spiro atoms. The van der Waals surface area contributed by atoms with Crippen molar-refractivity contribution >= 4 is 58.6 Å². The number of nitrogens with zero attached hydrogens (tertiary/aromatic N) is 7. The molecule has 2 aromatic rings. The number of fused-ring (bicyclic) bond motifs is 1. The monoisotopic (exact) mass is 699 g/mol. The number of nitrogens with one attached hydrogen (secondary N) is 1. The Kier molecular flexibility index (Phi) is 11.4. The number of ether oxygens (including phenoxy) is 2. The summed E-state index contributed by atoms with van der Waals surface area (Å²) in [6.07, 6.45) is -1.69. The predicted octanol–water partition coefficient (Wildman–Crippen LogP) is 3.75. The molecule has 0 radical (unpaired) electrons. The van der Waals surface area contributed by atoms with Crippen LogP contribution in [0.2, 0.25) is 0 Å². The number of aromatic nitrogens is 4. The first kappa shape index (κ1) is 34.7. The molecule has 4 rings (SSSR count). The van der Waals surface area contributed by atoms with E-state index >= 15 is 0 Å². The fourth-order valence-electron chi connectivity index (χ4n) is 5.03. The zero-order valence-corrected chi connectivity index (χ0v) is 29.6. The number of sulfone groups is 1. The first-order valence-corrected chi connectivity index (χ1v) is 18.4. The van der Waals surface area contributed by atoms with Gasteiger partial charge in [0.15, 0.2) is 39.2 Å². The number of carbonyl (C=O) groups is 1. The molecular formula is C28H43N8O7PS2. The summed E-state index contributed by atoms with van der Waals surface area (Å²) in [5.74, 6) is -0.423. The largest absolute Gasteiger partial charge is 0.460 e. The molecule has 1 amide bonds. The van der Waals surface area contributed by atoms with Crippen molar-refractivity contribution in [1.29, 1.82) is 0 Å². The molecule has 46 heavy (non-hydrogen) atoms. The molecule has 0 bridgehead atoms. The highest BCUT2D eigenvalue weighted by atomic mass is 32.2. The number of hydrogen-bond acceptors (Lipinski definition) is 12. The molecule has 18 heteroatoms. The van der Waals surface area contributed by atoms with Crippen LogP contribution >= 0.6 is 20.7 Å². The minimum atomic E-state index is -3.18. The lowest BCUT2D eigenvalue weighted by atomic mass is 10.1. The van der Waals surface area contributed by atoms with Crippen LogP contribution in [0.25, 0.3) is 16.0 Å². The first-order chi connectivity index (χ1) is 22.2. The Balaban J connectivity index is 1.76. The first-order valence-electron chi connectivity index (χ1n) is 15.8. The summed E-state index contributed by atoms with van der Waals surface area (Å²) < 4.78 is 62.0. The van der Waals surface area contributed by atoms with Gasteiger partial charge in [0.2, 0.25) is 5.91 Å². The average Bonchev–Trinajstić information content (AvgIpc) is 3.58. The van der Waals surface area contributed by atoms with Gasteiger partial charge in [0, 0.05) is 39.4 Å². The second kappa shape index (κ2) is 15.1. The SMILES string of the molecule is [2H]C[C@H]1O[C@@H](n2cnc3c(NC(=O)C(C)C)ncnc32)[C@@H](OC(=S)N2CCS(=O)(=O)CC2)C1OP(OC(C)[N+]#[C-])N(C(C)C)C(C)C. The van der Waals surface area contributed by atoms with Crippen LogP contribution in [0.15, 0.2) is 12.7 Å². The average molecular weight is 700 g/mol. The minimum Gasteiger partial charge on any atom is -0.460 e. The van der Waals surface area contributed by atoms with Gasteiger partial charge < -0.3 is 24.2 Å². The smallest absolute Gasteiger partial charge is 0.330 e. The number of rotatable bonds is 11. The molecule has 254 valence electrons. The molecule has 0 aromatic carbocycles. The van der Waals surface area contributed by atoms with E-state index in [-0.39, 0.29) is 66.4 Å². The number of carbonyl (C=O) groups excluding carboxylic acids is 1. The van der Waals surface area contributed by atoms with Gasteiger partial charge >= 0.3 is 6.23 Å². The van der Waals surface area contributed by atoms with Crippen LogP contribution in [-0.2, 0) is 33.2 Å². The normalized spacial score (nSPS) is 24.7. The Hall–Kier alpha value is -2.58. The molecule has 1 N–H and O–H groups in total. The summed E-state index contributed by atoms with van der Waals surface area (Å²) in [5, 5.41) is 2.84. The standard InChI is InChI=1S/C28H43N8O7PS2/c1-16(2)26(37)33-24-21-25(31-14-30-24)35(15-32-21)27-23(41-28(45)34-10-12-46(38,39)13-11-34)22(19(7)40-27)43-44(42-20(8)29-9)36(17(3)4)18(5)6/h14-20,22-23,27H,10-13H2,1-8H3,(H,30,31,33,37)/t19-,20?,22?,23+,27-,44?/m1/s1/i7D. The van der Waals surface area contributed by atoms with Crippen molar-refractivity contribution in [2.45, 2.75) is 98.2 Å². The van der Waals surface area contributed by atoms with Crippen molar-refractivity contribution in [1.82, 2.24) is 29.1 Å². The van der Waals surface area contributed by atoms with E-state index in [1.165, 1.54) is 12.7 Å². The maximum absolute atomic E-state index is 12.5. The quantitative estimate of drug-likeness (QED) is 0.206. The summed E-state index contributed by atoms with van der Waals surface area (Å²) in [5.41, 5.74) is 0.657. The molecule has 4 heterocycles. The lowest BCUT2D eigenvalue weighted by Crippen LogP contribution is -2.47. The van der Waals surface area contributed by atoms with E-state index < -0.39 is 49.1 Å². The Bertz CT molecular complexity index is 1550. The van der Waals surface area contributed by atoms with Gasteiger partial charge in [-0.2, -0.15) is 0 Å². The van der Waals surface area contributed by atoms with Crippen molar-refractivity contribution in [3.05, 3.63) is 24.1 Å². The molecule has 2 aromatic heterocycles. The fourth-order valence-corrected chi connectivity index (χ4v) is 8.32. The topological polar surface area (TPSA) is 155 Å². The van der Waals surface area contributed by atoms with E-state index in [4.69, 9.17) is 38.7 Å². The molecule has 3 unspecified atom stereocenters. The summed E-state index contributed by atoms with van der Waals surface area (Å²) in [7, 11) is -5.04. The van der Waals surface area contributed by atoms with E-state index in [0.29, 0.717) is 11.2 Å². The maximum atomic E-state index is 12.5. The third kappa shape index (κ3) is 8.28. The summed E-state index contributed by atoms with van der Waals surface area (Å²) in [6, 6.07) is -0.0350. The van der Waals surface area contributed by atoms with Crippen LogP contribution in [0.5, 0.6) is 0 Å². The van der Waals surface area contributed by atoms with E-state index in [0.717, 1.165) is 0 Å². The zero-order valence-electron chi connectivity index (χ0n) is 28.1. The van der Waals surface area contributed by atoms with E-state index in [2.05, 4.69) is 25.1 Å². The molecule has 6 atom stereocenters. The lowest BCUT2D eigenvalue weighted by molar-refractivity contribution is -0.118. The van der Waals surface area contributed by atoms with Gasteiger partial charge in [-0.3, -0.25) is 14.2 Å². The third-order valence-corrected chi connectivity index (χ3v) is 11.6. The van der Waals surface area contributed by atoms with Crippen molar-refractivity contribution in [2.75, 3.05) is 29.9 Å². The predicted molar refractivity (Wildman–Crippen MR) is 177 cm³/mol. The minimum absolute atomic E-state index is 0.0175. The molecular weight excluding hydrogens is 655 g/mol. The molecule has 0 saturated carbocycles. The van der Waals surface area contributed by atoms with E-state index in [1.54, 1.807) is 30.2 Å². The molecule has 15 nitrogen and oxygen atoms in total. The summed E-state index contributed by atoms with van der Waals surface area (Å²) >= 11 is 5.70. The Morgan fingerprint density at radius 3 is 2.43 bits per heavy atom. The van der Waals surface area contributed by atoms with Crippen molar-refractivity contribution < 1.29 is 33.1 Å². The van der Waals surface area contributed by atoms with Crippen LogP contribution < -0.4 is 5.32 Å².